The molecule has 0 radical (unpaired) electrons. The number of aliphatic carboxylic acids is 1. The van der Waals surface area contributed by atoms with Gasteiger partial charge >= 0.3 is 5.97 Å². The molecule has 28 N–H and O–H groups in total. The number of nitrogens with one attached hydrogen (secondary N) is 4. The summed E-state index contributed by atoms with van der Waals surface area (Å²) in [6.45, 7) is -4.38. The standard InChI is InChI=1S/C59H100N4O43/c1-15-32(78)39(85)41(87)54(94-15)103-49-31(63-19(5)74)52(99-28(13-70)46(49)101-56-43(89)50(37(83)26(11-68)97-56)104-53-30(62-18(4)73)47(36(82)25(10-67)95-53)102-55-42(88)40(86)35(81)24(9-66)96-55)93-14-23(77)34(80)45(20(7-64)60-16(2)71)100-57-44(90)51(38(84)27(12-69)98-57)106-59(58(91)92)6-21(75)29(61-17(3)72)48(105-59)33(79)22(76)8-65/h15,20-57,64-70,75-90H,6-14H2,1-5H3,(H,60,71)(H,61,72)(H,62,73)(H,63,74)(H,91,92)/t15-,20-,21-,22+,23+,24+,25+,26+,27+,28+,29+,30+,31+,32+,33+,34-,35-,36+,37-,38-,39+,40-,41-,42+,43+,44+,45+,46+,47+,48+,49+,50-,51-,52+,53-,54-,55-,56-,57-,59-/m0/s1. The number of aliphatic hydroxyl groups excluding tert-OH is 23. The van der Waals surface area contributed by atoms with Gasteiger partial charge in [-0.3, -0.25) is 19.2 Å². The number of carbonyl (C=O) groups excluding carboxylic acids is 4. The molecule has 4 amide bonds. The molecule has 47 heteroatoms. The van der Waals surface area contributed by atoms with Crippen LogP contribution in [0, 0.1) is 0 Å². The Morgan fingerprint density at radius 3 is 1.40 bits per heavy atom. The number of carboxylic acid groups (broad SMARTS) is 1. The summed E-state index contributed by atoms with van der Waals surface area (Å²) < 4.78 is 82.2. The van der Waals surface area contributed by atoms with Crippen LogP contribution in [-0.2, 0) is 90.3 Å². The van der Waals surface area contributed by atoms with Crippen LogP contribution in [0.1, 0.15) is 41.0 Å². The van der Waals surface area contributed by atoms with Crippen molar-refractivity contribution in [3.8, 4) is 0 Å². The van der Waals surface area contributed by atoms with Crippen molar-refractivity contribution in [1.82, 2.24) is 21.3 Å². The van der Waals surface area contributed by atoms with Crippen molar-refractivity contribution in [2.75, 3.05) is 52.9 Å². The van der Waals surface area contributed by atoms with Gasteiger partial charge in [0.1, 0.15) is 177 Å². The number of ether oxygens (including phenoxy) is 14. The minimum atomic E-state index is -3.30. The van der Waals surface area contributed by atoms with Crippen LogP contribution in [0.25, 0.3) is 0 Å². The van der Waals surface area contributed by atoms with Crippen LogP contribution in [0.2, 0.25) is 0 Å². The molecular formula is C59H100N4O43. The summed E-state index contributed by atoms with van der Waals surface area (Å²) in [5, 5.41) is 273. The Morgan fingerprint density at radius 1 is 0.443 bits per heavy atom. The maximum absolute atomic E-state index is 13.3. The molecule has 40 atom stereocenters. The molecule has 47 nitrogen and oxygen atoms in total. The maximum Gasteiger partial charge on any atom is 0.364 e. The van der Waals surface area contributed by atoms with E-state index in [1.165, 1.54) is 6.92 Å². The molecule has 0 saturated carbocycles. The minimum absolute atomic E-state index is 0.874. The second-order valence-corrected chi connectivity index (χ2v) is 26.5. The zero-order valence-corrected chi connectivity index (χ0v) is 57.4. The quantitative estimate of drug-likeness (QED) is 0.0297. The van der Waals surface area contributed by atoms with Gasteiger partial charge in [-0.1, -0.05) is 0 Å². The van der Waals surface area contributed by atoms with Gasteiger partial charge in [0.05, 0.1) is 77.1 Å². The minimum Gasteiger partial charge on any atom is -0.477 e. The summed E-state index contributed by atoms with van der Waals surface area (Å²) in [6, 6.07) is -7.47. The first kappa shape index (κ1) is 89.1. The van der Waals surface area contributed by atoms with E-state index < -0.39 is 334 Å². The van der Waals surface area contributed by atoms with Crippen LogP contribution in [-0.4, -0.2) is 450 Å². The summed E-state index contributed by atoms with van der Waals surface area (Å²) in [7, 11) is 0. The van der Waals surface area contributed by atoms with Gasteiger partial charge in [-0.15, -0.1) is 0 Å². The van der Waals surface area contributed by atoms with Crippen molar-refractivity contribution in [3.05, 3.63) is 0 Å². The van der Waals surface area contributed by atoms with Gasteiger partial charge in [0.2, 0.25) is 23.6 Å². The molecule has 614 valence electrons. The highest BCUT2D eigenvalue weighted by Gasteiger charge is 2.62. The highest BCUT2D eigenvalue weighted by Crippen LogP contribution is 2.41. The molecule has 0 aliphatic carbocycles. The first-order valence-electron chi connectivity index (χ1n) is 33.5. The zero-order chi connectivity index (χ0) is 79.0. The molecule has 7 fully saturated rings. The van der Waals surface area contributed by atoms with Crippen LogP contribution in [0.15, 0.2) is 0 Å². The second kappa shape index (κ2) is 38.9. The number of aliphatic hydroxyl groups is 23. The molecule has 0 bridgehead atoms. The summed E-state index contributed by atoms with van der Waals surface area (Å²) in [5.41, 5.74) is 0. The van der Waals surface area contributed by atoms with E-state index in [9.17, 15) is 147 Å². The summed E-state index contributed by atoms with van der Waals surface area (Å²) in [4.78, 5) is 64.2. The Bertz CT molecular complexity index is 2800. The highest BCUT2D eigenvalue weighted by atomic mass is 16.8. The molecule has 0 spiro atoms. The Labute approximate surface area is 601 Å². The lowest BCUT2D eigenvalue weighted by molar-refractivity contribution is -0.387. The van der Waals surface area contributed by atoms with Crippen LogP contribution in [0.4, 0.5) is 0 Å². The van der Waals surface area contributed by atoms with Gasteiger partial charge in [-0.05, 0) is 6.92 Å². The van der Waals surface area contributed by atoms with E-state index in [0.717, 1.165) is 27.7 Å². The van der Waals surface area contributed by atoms with Gasteiger partial charge in [-0.2, -0.15) is 0 Å². The summed E-state index contributed by atoms with van der Waals surface area (Å²) >= 11 is 0. The molecule has 0 aromatic carbocycles. The Morgan fingerprint density at radius 2 is 0.877 bits per heavy atom. The molecule has 7 saturated heterocycles. The molecule has 0 aromatic heterocycles. The van der Waals surface area contributed by atoms with Crippen molar-refractivity contribution < 1.29 is 213 Å². The maximum atomic E-state index is 13.3. The molecule has 7 aliphatic heterocycles. The van der Waals surface area contributed by atoms with Crippen molar-refractivity contribution in [1.29, 1.82) is 0 Å². The van der Waals surface area contributed by atoms with Gasteiger partial charge in [0, 0.05) is 34.1 Å². The predicted molar refractivity (Wildman–Crippen MR) is 329 cm³/mol. The van der Waals surface area contributed by atoms with Crippen molar-refractivity contribution >= 4 is 29.6 Å². The fourth-order valence-corrected chi connectivity index (χ4v) is 13.2. The van der Waals surface area contributed by atoms with Crippen LogP contribution in [0.3, 0.4) is 0 Å². The monoisotopic (exact) mass is 1550 g/mol. The molecule has 0 aromatic rings. The first-order chi connectivity index (χ1) is 49.9. The van der Waals surface area contributed by atoms with Crippen LogP contribution >= 0.6 is 0 Å². The SMILES string of the molecule is CC(=O)N[C@H]1[C@H](OC[C@@H](O)[C@H](O)[C@H](O[C@@H]2O[C@H](CO)[C@H](O)[C@H](O[C@]3(C(=O)O)C[C@H](O)[C@@H](NC(C)=O)[C@H]([C@H](O)[C@H](O)CO)O3)[C@H]2O)[C@H](CO)NC(C)=O)O[C@H](CO)[C@@H](O[C@@H]2O[C@H](CO)[C@H](O)[C@H](O[C@@H]3O[C@H](CO)[C@@H](O)[C@H](O[C@@H]4O[C@H](CO)[C@H](O)[C@H](O)[C@H]4O)[C@H]3NC(C)=O)[C@H]2O)[C@@H]1O[C@@H]1O[C@@H](C)[C@@H](O)[C@@H](O)[C@@H]1O. The third-order valence-electron chi connectivity index (χ3n) is 18.8. The van der Waals surface area contributed by atoms with Crippen LogP contribution in [0.5, 0.6) is 0 Å². The Hall–Kier alpha value is -4.13. The van der Waals surface area contributed by atoms with Crippen molar-refractivity contribution in [2.24, 2.45) is 0 Å². The van der Waals surface area contributed by atoms with E-state index in [1.54, 1.807) is 0 Å². The molecule has 0 unspecified atom stereocenters. The number of hydrogen-bond donors (Lipinski definition) is 28. The van der Waals surface area contributed by atoms with E-state index in [0.29, 0.717) is 0 Å². The molecule has 106 heavy (non-hydrogen) atoms. The number of rotatable bonds is 32. The Balaban J connectivity index is 1.19. The normalized spacial score (nSPS) is 44.1. The van der Waals surface area contributed by atoms with E-state index in [4.69, 9.17) is 66.3 Å². The number of hydrogen-bond acceptors (Lipinski definition) is 42. The van der Waals surface area contributed by atoms with Gasteiger partial charge in [0.15, 0.2) is 37.7 Å². The van der Waals surface area contributed by atoms with Gasteiger partial charge in [-0.25, -0.2) is 4.79 Å². The van der Waals surface area contributed by atoms with Crippen molar-refractivity contribution in [2.45, 2.75) is 286 Å². The molecule has 7 heterocycles. The largest absolute Gasteiger partial charge is 0.477 e. The molecule has 7 rings (SSSR count). The first-order valence-corrected chi connectivity index (χ1v) is 33.5. The van der Waals surface area contributed by atoms with Gasteiger partial charge in [0.25, 0.3) is 5.79 Å². The second-order valence-electron chi connectivity index (χ2n) is 26.5. The third-order valence-corrected chi connectivity index (χ3v) is 18.8. The number of amides is 4. The third kappa shape index (κ3) is 20.2. The fraction of sp³-hybridized carbons (Fsp3) is 0.915. The molecule has 7 aliphatic rings. The van der Waals surface area contributed by atoms with E-state index in [2.05, 4.69) is 21.3 Å². The predicted octanol–water partition coefficient (Wildman–Crippen LogP) is -18.0. The highest BCUT2D eigenvalue weighted by molar-refractivity contribution is 5.77. The summed E-state index contributed by atoms with van der Waals surface area (Å²) in [5.74, 6) is -9.21. The molecular weight excluding hydrogens is 1450 g/mol. The fourth-order valence-electron chi connectivity index (χ4n) is 13.2. The van der Waals surface area contributed by atoms with Gasteiger partial charge < -0.3 is 210 Å². The lowest BCUT2D eigenvalue weighted by Crippen LogP contribution is -2.71. The van der Waals surface area contributed by atoms with E-state index >= 15 is 0 Å². The number of carboxylic acids is 1. The van der Waals surface area contributed by atoms with E-state index in [1.807, 2.05) is 0 Å². The van der Waals surface area contributed by atoms with Crippen LogP contribution < -0.4 is 21.3 Å². The topological polar surface area (TPSA) is 748 Å². The average molecular weight is 1550 g/mol. The zero-order valence-electron chi connectivity index (χ0n) is 57.4. The van der Waals surface area contributed by atoms with E-state index in [-0.39, 0.29) is 0 Å². The Kier molecular flexibility index (Phi) is 32.7. The summed E-state index contributed by atoms with van der Waals surface area (Å²) in [6.07, 6.45) is -75.3. The lowest BCUT2D eigenvalue weighted by Gasteiger charge is -2.51. The smallest absolute Gasteiger partial charge is 0.364 e. The average Bonchev–Trinajstić information content (AvgIpc) is 0.755. The number of carbonyl (C=O) groups is 5. The lowest BCUT2D eigenvalue weighted by atomic mass is 9.88. The van der Waals surface area contributed by atoms with Crippen molar-refractivity contribution in [3.63, 3.8) is 0 Å².